The Morgan fingerprint density at radius 1 is 0.190 bits per heavy atom. The third kappa shape index (κ3) is 4.01. The van der Waals surface area contributed by atoms with Crippen molar-refractivity contribution in [3.8, 4) is 45.0 Å². The van der Waals surface area contributed by atoms with E-state index in [1.54, 1.807) is 0 Å². The smallest absolute Gasteiger partial charge is 0.0465 e. The first kappa shape index (κ1) is 30.5. The minimum Gasteiger partial charge on any atom is -0.355 e. The van der Waals surface area contributed by atoms with Gasteiger partial charge in [-0.25, -0.2) is 0 Å². The fraction of sp³-hybridized carbons (Fsp3) is 0. The number of benzene rings is 12. The molecule has 0 aliphatic rings. The molecule has 0 amide bonds. The predicted octanol–water partition coefficient (Wildman–Crippen LogP) is 15.7. The van der Waals surface area contributed by atoms with Crippen LogP contribution in [0, 0.1) is 0 Å². The van der Waals surface area contributed by atoms with Gasteiger partial charge in [0, 0.05) is 45.0 Å². The van der Waals surface area contributed by atoms with E-state index in [0.29, 0.717) is 0 Å². The van der Waals surface area contributed by atoms with E-state index in [9.17, 15) is 0 Å². The van der Waals surface area contributed by atoms with E-state index < -0.39 is 0 Å². The Morgan fingerprint density at radius 2 is 0.414 bits per heavy atom. The predicted molar refractivity (Wildman–Crippen MR) is 248 cm³/mol. The molecule has 0 bridgehead atoms. The molecule has 0 spiro atoms. The van der Waals surface area contributed by atoms with Crippen molar-refractivity contribution in [1.82, 2.24) is 9.97 Å². The molecule has 58 heavy (non-hydrogen) atoms. The summed E-state index contributed by atoms with van der Waals surface area (Å²) in [4.78, 5) is 7.75. The number of hydrogen-bond acceptors (Lipinski definition) is 0. The summed E-state index contributed by atoms with van der Waals surface area (Å²) < 4.78 is 0. The maximum absolute atomic E-state index is 3.87. The Hall–Kier alpha value is -7.68. The third-order valence-corrected chi connectivity index (χ3v) is 13.3. The second-order valence-corrected chi connectivity index (χ2v) is 16.2. The lowest BCUT2D eigenvalue weighted by atomic mass is 9.89. The van der Waals surface area contributed by atoms with Crippen LogP contribution in [-0.2, 0) is 0 Å². The molecule has 0 saturated heterocycles. The number of nitrogens with one attached hydrogen (secondary N) is 2. The van der Waals surface area contributed by atoms with Gasteiger partial charge in [0.25, 0.3) is 0 Å². The van der Waals surface area contributed by atoms with Crippen LogP contribution in [-0.4, -0.2) is 9.97 Å². The largest absolute Gasteiger partial charge is 0.355 e. The van der Waals surface area contributed by atoms with Crippen LogP contribution in [0.2, 0.25) is 0 Å². The fourth-order valence-electron chi connectivity index (χ4n) is 10.6. The van der Waals surface area contributed by atoms with E-state index in [2.05, 4.69) is 192 Å². The molecule has 2 heterocycles. The first-order chi connectivity index (χ1) is 28.7. The van der Waals surface area contributed by atoms with Gasteiger partial charge in [-0.05, 0) is 121 Å². The maximum Gasteiger partial charge on any atom is 0.0465 e. The quantitative estimate of drug-likeness (QED) is 0.169. The topological polar surface area (TPSA) is 31.6 Å². The van der Waals surface area contributed by atoms with Crippen molar-refractivity contribution in [3.05, 3.63) is 182 Å². The summed E-state index contributed by atoms with van der Waals surface area (Å²) in [5.74, 6) is 0. The molecule has 0 radical (unpaired) electrons. The second kappa shape index (κ2) is 11.0. The van der Waals surface area contributed by atoms with E-state index in [1.807, 2.05) is 0 Å². The number of rotatable bonds is 4. The van der Waals surface area contributed by atoms with Crippen LogP contribution in [0.3, 0.4) is 0 Å². The van der Waals surface area contributed by atoms with E-state index >= 15 is 0 Å². The van der Waals surface area contributed by atoms with Gasteiger partial charge in [-0.3, -0.25) is 0 Å². The van der Waals surface area contributed by atoms with E-state index in [0.717, 1.165) is 22.8 Å². The average molecular weight is 733 g/mol. The van der Waals surface area contributed by atoms with Crippen molar-refractivity contribution >= 4 is 97.0 Å². The molecule has 2 N–H and O–H groups in total. The Kier molecular flexibility index (Phi) is 5.79. The standard InChI is InChI=1S/C56H32N2/c1-3-31-7-9-35-11-19-39(43-23-15-33(5-1)51(31)53(35)43)47-27-29-49(57-47)41-21-13-37-18-26-46-42(22-14-38-17-25-45(41)55(37)56(38)46)50-30-28-48(58-50)40-20-12-36-10-8-32-4-2-6-34-16-24-44(40)54(36)52(32)34/h1-30,57-58H. The highest BCUT2D eigenvalue weighted by Crippen LogP contribution is 2.45. The summed E-state index contributed by atoms with van der Waals surface area (Å²) in [5.41, 5.74) is 9.40. The molecule has 12 aromatic carbocycles. The van der Waals surface area contributed by atoms with Gasteiger partial charge in [0.15, 0.2) is 0 Å². The van der Waals surface area contributed by atoms with Crippen LogP contribution in [0.15, 0.2) is 182 Å². The summed E-state index contributed by atoms with van der Waals surface area (Å²) in [6.07, 6.45) is 0. The lowest BCUT2D eigenvalue weighted by Crippen LogP contribution is -1.90. The van der Waals surface area contributed by atoms with E-state index in [-0.39, 0.29) is 0 Å². The Labute approximate surface area is 332 Å². The number of aromatic nitrogens is 2. The molecule has 2 heteroatoms. The van der Waals surface area contributed by atoms with Gasteiger partial charge in [0.05, 0.1) is 0 Å². The van der Waals surface area contributed by atoms with Gasteiger partial charge >= 0.3 is 0 Å². The van der Waals surface area contributed by atoms with Crippen LogP contribution < -0.4 is 0 Å². The lowest BCUT2D eigenvalue weighted by Gasteiger charge is -2.16. The molecule has 0 aliphatic heterocycles. The van der Waals surface area contributed by atoms with Gasteiger partial charge in [-0.2, -0.15) is 0 Å². The SMILES string of the molecule is c1cc2ccc3ccc(-c4ccc(-c5ccc6ccc7c(-c8ccc(-c9ccc%10ccc%11cccc%12ccc9c%10c%11%12)[nH]8)ccc8ccc5c6c87)[nH]4)c4ccc(c1)c2c34. The van der Waals surface area contributed by atoms with Gasteiger partial charge in [-0.15, -0.1) is 0 Å². The highest BCUT2D eigenvalue weighted by molar-refractivity contribution is 6.29. The average Bonchev–Trinajstić information content (AvgIpc) is 3.98. The van der Waals surface area contributed by atoms with Gasteiger partial charge in [0.2, 0.25) is 0 Å². The monoisotopic (exact) mass is 732 g/mol. The fourth-order valence-corrected chi connectivity index (χ4v) is 10.6. The third-order valence-electron chi connectivity index (χ3n) is 13.3. The molecule has 0 fully saturated rings. The van der Waals surface area contributed by atoms with Crippen LogP contribution in [0.1, 0.15) is 0 Å². The minimum absolute atomic E-state index is 1.13. The molecule has 266 valence electrons. The highest BCUT2D eigenvalue weighted by atomic mass is 14.7. The molecule has 14 aromatic rings. The molecule has 2 nitrogen and oxygen atoms in total. The first-order valence-corrected chi connectivity index (χ1v) is 20.2. The van der Waals surface area contributed by atoms with Gasteiger partial charge in [-0.1, -0.05) is 158 Å². The molecule has 14 rings (SSSR count). The van der Waals surface area contributed by atoms with Crippen molar-refractivity contribution in [2.75, 3.05) is 0 Å². The number of H-pyrrole nitrogens is 2. The van der Waals surface area contributed by atoms with Gasteiger partial charge < -0.3 is 9.97 Å². The molecular formula is C56H32N2. The zero-order valence-corrected chi connectivity index (χ0v) is 31.3. The Balaban J connectivity index is 0.901. The summed E-state index contributed by atoms with van der Waals surface area (Å²) in [6.45, 7) is 0. The highest BCUT2D eigenvalue weighted by Gasteiger charge is 2.19. The summed E-state index contributed by atoms with van der Waals surface area (Å²) in [6, 6.07) is 67.9. The van der Waals surface area contributed by atoms with Crippen molar-refractivity contribution < 1.29 is 0 Å². The van der Waals surface area contributed by atoms with Crippen molar-refractivity contribution in [2.45, 2.75) is 0 Å². The van der Waals surface area contributed by atoms with Gasteiger partial charge in [0.1, 0.15) is 0 Å². The van der Waals surface area contributed by atoms with Crippen LogP contribution in [0.25, 0.3) is 142 Å². The maximum atomic E-state index is 3.87. The molecule has 0 saturated carbocycles. The Bertz CT molecular complexity index is 3680. The lowest BCUT2D eigenvalue weighted by molar-refractivity contribution is 1.41. The van der Waals surface area contributed by atoms with E-state index in [4.69, 9.17) is 0 Å². The van der Waals surface area contributed by atoms with Crippen LogP contribution >= 0.6 is 0 Å². The zero-order chi connectivity index (χ0) is 37.6. The molecule has 2 aromatic heterocycles. The molecule has 0 atom stereocenters. The van der Waals surface area contributed by atoms with Crippen LogP contribution in [0.5, 0.6) is 0 Å². The van der Waals surface area contributed by atoms with Crippen molar-refractivity contribution in [2.24, 2.45) is 0 Å². The molecule has 0 aliphatic carbocycles. The number of aromatic amines is 2. The zero-order valence-electron chi connectivity index (χ0n) is 31.3. The first-order valence-electron chi connectivity index (χ1n) is 20.2. The normalized spacial score (nSPS) is 12.5. The number of hydrogen-bond donors (Lipinski definition) is 2. The van der Waals surface area contributed by atoms with E-state index in [1.165, 1.54) is 119 Å². The minimum atomic E-state index is 1.13. The van der Waals surface area contributed by atoms with Crippen molar-refractivity contribution in [3.63, 3.8) is 0 Å². The molecular weight excluding hydrogens is 701 g/mol. The molecule has 0 unspecified atom stereocenters. The van der Waals surface area contributed by atoms with Crippen molar-refractivity contribution in [1.29, 1.82) is 0 Å². The summed E-state index contributed by atoms with van der Waals surface area (Å²) in [7, 11) is 0. The summed E-state index contributed by atoms with van der Waals surface area (Å²) >= 11 is 0. The van der Waals surface area contributed by atoms with Crippen LogP contribution in [0.4, 0.5) is 0 Å². The second-order valence-electron chi connectivity index (χ2n) is 16.2. The summed E-state index contributed by atoms with van der Waals surface area (Å²) in [5, 5.41) is 23.3. The Morgan fingerprint density at radius 3 is 0.707 bits per heavy atom.